The van der Waals surface area contributed by atoms with Gasteiger partial charge in [-0.05, 0) is 56.4 Å². The predicted octanol–water partition coefficient (Wildman–Crippen LogP) is 2.82. The summed E-state index contributed by atoms with van der Waals surface area (Å²) >= 11 is 0. The molecule has 0 radical (unpaired) electrons. The van der Waals surface area contributed by atoms with E-state index in [2.05, 4.69) is 15.0 Å². The maximum atomic E-state index is 13.1. The van der Waals surface area contributed by atoms with Gasteiger partial charge in [0.05, 0.1) is 11.7 Å². The Morgan fingerprint density at radius 2 is 1.74 bits per heavy atom. The molecule has 0 saturated heterocycles. The number of hydrogen-bond acceptors (Lipinski definition) is 6. The number of anilines is 2. The Hall–Kier alpha value is -2.72. The summed E-state index contributed by atoms with van der Waals surface area (Å²) in [6.45, 7) is 3.50. The molecule has 0 bridgehead atoms. The molecule has 1 aliphatic heterocycles. The van der Waals surface area contributed by atoms with Gasteiger partial charge in [0.2, 0.25) is 15.9 Å². The number of carbonyl (C=O) groups excluding carboxylic acids is 1. The maximum absolute atomic E-state index is 13.1. The molecule has 1 saturated carbocycles. The maximum Gasteiger partial charge on any atom is 0.242 e. The van der Waals surface area contributed by atoms with Crippen molar-refractivity contribution in [3.05, 3.63) is 47.9 Å². The molecule has 2 aliphatic rings. The lowest BCUT2D eigenvalue weighted by molar-refractivity contribution is -0.126. The van der Waals surface area contributed by atoms with Crippen LogP contribution in [0.1, 0.15) is 44.2 Å². The number of hydrogen-bond donors (Lipinski definition) is 2. The molecule has 1 aliphatic carbocycles. The molecule has 1 atom stereocenters. The molecular formula is C24H32FN5O3S. The van der Waals surface area contributed by atoms with Gasteiger partial charge in [-0.15, -0.1) is 0 Å². The van der Waals surface area contributed by atoms with E-state index < -0.39 is 10.0 Å². The molecule has 1 aromatic heterocycles. The first-order chi connectivity index (χ1) is 16.1. The van der Waals surface area contributed by atoms with Crippen LogP contribution in [0.25, 0.3) is 0 Å². The molecular weight excluding hydrogens is 457 g/mol. The van der Waals surface area contributed by atoms with Gasteiger partial charge in [-0.2, -0.15) is 0 Å². The van der Waals surface area contributed by atoms with Gasteiger partial charge in [0.15, 0.2) is 5.82 Å². The third kappa shape index (κ3) is 5.33. The number of pyridine rings is 1. The number of fused-ring (bicyclic) bond motifs is 1. The molecule has 8 nitrogen and oxygen atoms in total. The van der Waals surface area contributed by atoms with Crippen LogP contribution in [-0.4, -0.2) is 52.5 Å². The van der Waals surface area contributed by atoms with Crippen LogP contribution in [0.5, 0.6) is 0 Å². The van der Waals surface area contributed by atoms with Crippen LogP contribution in [0, 0.1) is 11.7 Å². The fraction of sp³-hybridized carbons (Fsp3) is 0.500. The van der Waals surface area contributed by atoms with Crippen molar-refractivity contribution in [3.63, 3.8) is 0 Å². The van der Waals surface area contributed by atoms with Crippen molar-refractivity contribution in [2.24, 2.45) is 5.92 Å². The number of sulfonamides is 1. The Kier molecular flexibility index (Phi) is 7.09. The normalized spacial score (nSPS) is 21.6. The van der Waals surface area contributed by atoms with Gasteiger partial charge in [-0.3, -0.25) is 4.79 Å². The van der Waals surface area contributed by atoms with Gasteiger partial charge < -0.3 is 15.1 Å². The summed E-state index contributed by atoms with van der Waals surface area (Å²) in [5.74, 6) is 0.241. The van der Waals surface area contributed by atoms with Crippen molar-refractivity contribution in [1.29, 1.82) is 0 Å². The van der Waals surface area contributed by atoms with E-state index in [1.54, 1.807) is 18.2 Å². The number of nitrogens with one attached hydrogen (secondary N) is 2. The van der Waals surface area contributed by atoms with Crippen LogP contribution >= 0.6 is 0 Å². The van der Waals surface area contributed by atoms with Crippen LogP contribution in [-0.2, 0) is 14.8 Å². The summed E-state index contributed by atoms with van der Waals surface area (Å²) in [6.07, 6.45) is 3.79. The molecule has 2 N–H and O–H groups in total. The molecule has 10 heteroatoms. The largest absolute Gasteiger partial charge is 0.370 e. The topological polar surface area (TPSA) is 94.6 Å². The molecule has 0 spiro atoms. The third-order valence-electron chi connectivity index (χ3n) is 6.82. The molecule has 4 rings (SSSR count). The highest BCUT2D eigenvalue weighted by atomic mass is 32.2. The number of amides is 1. The number of nitrogens with zero attached hydrogens (tertiary/aromatic N) is 3. The number of aromatic nitrogens is 1. The SMILES string of the molecule is CC(NC(=O)C1CCC(NS(=O)(=O)c2cnc3c(c2)N(C)CCN3C)CC1)c1ccc(F)cc1. The zero-order valence-electron chi connectivity index (χ0n) is 19.8. The van der Waals surface area contributed by atoms with E-state index in [-0.39, 0.29) is 34.6 Å². The van der Waals surface area contributed by atoms with Crippen molar-refractivity contribution in [2.75, 3.05) is 37.0 Å². The molecule has 184 valence electrons. The Morgan fingerprint density at radius 1 is 1.09 bits per heavy atom. The highest BCUT2D eigenvalue weighted by Crippen LogP contribution is 2.32. The van der Waals surface area contributed by atoms with E-state index in [0.29, 0.717) is 25.7 Å². The second-order valence-corrected chi connectivity index (χ2v) is 11.0. The van der Waals surface area contributed by atoms with Crippen LogP contribution in [0.3, 0.4) is 0 Å². The monoisotopic (exact) mass is 489 g/mol. The summed E-state index contributed by atoms with van der Waals surface area (Å²) in [5.41, 5.74) is 1.64. The van der Waals surface area contributed by atoms with Crippen LogP contribution in [0.4, 0.5) is 15.9 Å². The van der Waals surface area contributed by atoms with E-state index >= 15 is 0 Å². The van der Waals surface area contributed by atoms with Gasteiger partial charge in [-0.25, -0.2) is 22.5 Å². The second-order valence-electron chi connectivity index (χ2n) is 9.31. The summed E-state index contributed by atoms with van der Waals surface area (Å²) in [4.78, 5) is 21.3. The van der Waals surface area contributed by atoms with Crippen molar-refractivity contribution in [3.8, 4) is 0 Å². The number of rotatable bonds is 6. The molecule has 2 aromatic rings. The molecule has 1 amide bonds. The highest BCUT2D eigenvalue weighted by Gasteiger charge is 2.31. The predicted molar refractivity (Wildman–Crippen MR) is 130 cm³/mol. The zero-order valence-corrected chi connectivity index (χ0v) is 20.6. The number of likely N-dealkylation sites (N-methyl/N-ethyl adjacent to an activating group) is 2. The standard InChI is InChI=1S/C24H32FN5O3S/c1-16(17-4-8-19(25)9-5-17)27-24(31)18-6-10-20(11-7-18)28-34(32,33)21-14-22-23(26-15-21)30(3)13-12-29(22)2/h4-5,8-9,14-16,18,20,28H,6-7,10-13H2,1-3H3,(H,27,31). The lowest BCUT2D eigenvalue weighted by Crippen LogP contribution is -2.41. The highest BCUT2D eigenvalue weighted by molar-refractivity contribution is 7.89. The minimum Gasteiger partial charge on any atom is -0.370 e. The Morgan fingerprint density at radius 3 is 2.41 bits per heavy atom. The fourth-order valence-corrected chi connectivity index (χ4v) is 5.87. The minimum absolute atomic E-state index is 0.0517. The lowest BCUT2D eigenvalue weighted by atomic mass is 9.85. The van der Waals surface area contributed by atoms with Crippen molar-refractivity contribution >= 4 is 27.4 Å². The Balaban J connectivity index is 1.33. The van der Waals surface area contributed by atoms with E-state index in [0.717, 1.165) is 30.2 Å². The average molecular weight is 490 g/mol. The van der Waals surface area contributed by atoms with Crippen molar-refractivity contribution in [2.45, 2.75) is 49.6 Å². The zero-order chi connectivity index (χ0) is 24.5. The lowest BCUT2D eigenvalue weighted by Gasteiger charge is -2.34. The first-order valence-corrected chi connectivity index (χ1v) is 13.1. The van der Waals surface area contributed by atoms with Gasteiger partial charge in [0.1, 0.15) is 10.7 Å². The summed E-state index contributed by atoms with van der Waals surface area (Å²) in [7, 11) is 0.156. The summed E-state index contributed by atoms with van der Waals surface area (Å²) in [6, 6.07) is 7.32. The second kappa shape index (κ2) is 9.87. The quantitative estimate of drug-likeness (QED) is 0.648. The van der Waals surface area contributed by atoms with Crippen LogP contribution in [0.2, 0.25) is 0 Å². The van der Waals surface area contributed by atoms with Gasteiger partial charge in [0.25, 0.3) is 0 Å². The van der Waals surface area contributed by atoms with E-state index in [9.17, 15) is 17.6 Å². The first-order valence-electron chi connectivity index (χ1n) is 11.6. The third-order valence-corrected chi connectivity index (χ3v) is 8.31. The Bertz CT molecular complexity index is 1130. The summed E-state index contributed by atoms with van der Waals surface area (Å²) in [5, 5.41) is 2.99. The van der Waals surface area contributed by atoms with Gasteiger partial charge in [0, 0.05) is 45.3 Å². The van der Waals surface area contributed by atoms with E-state index in [1.165, 1.54) is 18.3 Å². The van der Waals surface area contributed by atoms with Crippen LogP contribution < -0.4 is 19.8 Å². The van der Waals surface area contributed by atoms with Crippen molar-refractivity contribution < 1.29 is 17.6 Å². The molecule has 1 unspecified atom stereocenters. The Labute approximate surface area is 200 Å². The molecule has 34 heavy (non-hydrogen) atoms. The molecule has 1 fully saturated rings. The van der Waals surface area contributed by atoms with E-state index in [4.69, 9.17) is 0 Å². The molecule has 2 heterocycles. The van der Waals surface area contributed by atoms with Gasteiger partial charge >= 0.3 is 0 Å². The fourth-order valence-electron chi connectivity index (χ4n) is 4.60. The van der Waals surface area contributed by atoms with Gasteiger partial charge in [-0.1, -0.05) is 12.1 Å². The molecule has 1 aromatic carbocycles. The number of carbonyl (C=O) groups is 1. The van der Waals surface area contributed by atoms with E-state index in [1.807, 2.05) is 30.8 Å². The first kappa shape index (κ1) is 24.4. The number of benzene rings is 1. The van der Waals surface area contributed by atoms with Crippen molar-refractivity contribution in [1.82, 2.24) is 15.0 Å². The smallest absolute Gasteiger partial charge is 0.242 e. The minimum atomic E-state index is -3.72. The van der Waals surface area contributed by atoms with Crippen LogP contribution in [0.15, 0.2) is 41.4 Å². The average Bonchev–Trinajstić information content (AvgIpc) is 2.82. The summed E-state index contributed by atoms with van der Waals surface area (Å²) < 4.78 is 42.0. The number of halogens is 1.